The molecule has 0 spiro atoms. The van der Waals surface area contributed by atoms with E-state index in [2.05, 4.69) is 13.8 Å². The van der Waals surface area contributed by atoms with Gasteiger partial charge in [-0.05, 0) is 35.8 Å². The Kier molecular flexibility index (Phi) is 4.24. The number of aliphatic hydroxyl groups excluding tert-OH is 1. The summed E-state index contributed by atoms with van der Waals surface area (Å²) in [6, 6.07) is 7.88. The fourth-order valence-corrected chi connectivity index (χ4v) is 2.73. The Hall–Kier alpha value is -0.960. The number of alkyl halides is 2. The van der Waals surface area contributed by atoms with Crippen molar-refractivity contribution >= 4 is 0 Å². The molecule has 1 aromatic carbocycles. The molecule has 0 aromatic heterocycles. The Labute approximate surface area is 113 Å². The van der Waals surface area contributed by atoms with Crippen LogP contribution in [0.25, 0.3) is 0 Å². The van der Waals surface area contributed by atoms with E-state index in [0.29, 0.717) is 18.8 Å². The van der Waals surface area contributed by atoms with E-state index in [9.17, 15) is 13.9 Å². The van der Waals surface area contributed by atoms with Crippen molar-refractivity contribution in [1.82, 2.24) is 0 Å². The summed E-state index contributed by atoms with van der Waals surface area (Å²) in [5.74, 6) is -2.11. The molecule has 1 N–H and O–H groups in total. The van der Waals surface area contributed by atoms with Crippen LogP contribution < -0.4 is 0 Å². The molecular formula is C16H22F2O. The summed E-state index contributed by atoms with van der Waals surface area (Å²) in [5, 5.41) is 10.3. The van der Waals surface area contributed by atoms with Crippen LogP contribution in [0.15, 0.2) is 24.3 Å². The SMILES string of the molecule is CC(C)c1ccc(C(O)C2CCC(F)(F)CC2)cc1. The van der Waals surface area contributed by atoms with Crippen LogP contribution in [0.4, 0.5) is 8.78 Å². The molecule has 1 atom stereocenters. The molecule has 1 aliphatic rings. The summed E-state index contributed by atoms with van der Waals surface area (Å²) in [7, 11) is 0. The zero-order chi connectivity index (χ0) is 14.0. The Balaban J connectivity index is 2.02. The second-order valence-electron chi connectivity index (χ2n) is 5.96. The molecule has 0 amide bonds. The Morgan fingerprint density at radius 1 is 1.05 bits per heavy atom. The standard InChI is InChI=1S/C16H22F2O/c1-11(2)12-3-5-13(6-4-12)15(19)14-7-9-16(17,18)10-8-14/h3-6,11,14-15,19H,7-10H2,1-2H3. The highest BCUT2D eigenvalue weighted by atomic mass is 19.3. The average molecular weight is 268 g/mol. The number of benzene rings is 1. The van der Waals surface area contributed by atoms with E-state index in [1.54, 1.807) is 0 Å². The van der Waals surface area contributed by atoms with Crippen LogP contribution >= 0.6 is 0 Å². The van der Waals surface area contributed by atoms with E-state index < -0.39 is 12.0 Å². The van der Waals surface area contributed by atoms with Crippen molar-refractivity contribution in [2.45, 2.75) is 57.5 Å². The minimum atomic E-state index is -2.53. The van der Waals surface area contributed by atoms with Gasteiger partial charge in [0, 0.05) is 12.8 Å². The van der Waals surface area contributed by atoms with Crippen LogP contribution in [-0.2, 0) is 0 Å². The molecule has 0 radical (unpaired) electrons. The van der Waals surface area contributed by atoms with Crippen LogP contribution in [0.3, 0.4) is 0 Å². The highest BCUT2D eigenvalue weighted by Crippen LogP contribution is 2.41. The molecule has 1 nitrogen and oxygen atoms in total. The van der Waals surface area contributed by atoms with Gasteiger partial charge in [0.05, 0.1) is 6.10 Å². The zero-order valence-corrected chi connectivity index (χ0v) is 11.6. The van der Waals surface area contributed by atoms with E-state index >= 15 is 0 Å². The van der Waals surface area contributed by atoms with Crippen LogP contribution in [0.5, 0.6) is 0 Å². The van der Waals surface area contributed by atoms with Gasteiger partial charge in [-0.25, -0.2) is 8.78 Å². The molecule has 0 aliphatic heterocycles. The largest absolute Gasteiger partial charge is 0.388 e. The first-order valence-corrected chi connectivity index (χ1v) is 7.05. The topological polar surface area (TPSA) is 20.2 Å². The van der Waals surface area contributed by atoms with Crippen molar-refractivity contribution < 1.29 is 13.9 Å². The van der Waals surface area contributed by atoms with Crippen molar-refractivity contribution in [3.05, 3.63) is 35.4 Å². The summed E-state index contributed by atoms with van der Waals surface area (Å²) in [6.07, 6.45) is -0.00467. The number of rotatable bonds is 3. The van der Waals surface area contributed by atoms with Crippen LogP contribution in [0.1, 0.15) is 62.7 Å². The molecule has 106 valence electrons. The van der Waals surface area contributed by atoms with Crippen molar-refractivity contribution in [2.24, 2.45) is 5.92 Å². The smallest absolute Gasteiger partial charge is 0.248 e. The van der Waals surface area contributed by atoms with Gasteiger partial charge in [0.25, 0.3) is 0 Å². The first-order valence-electron chi connectivity index (χ1n) is 7.05. The van der Waals surface area contributed by atoms with Gasteiger partial charge in [-0.1, -0.05) is 38.1 Å². The molecule has 19 heavy (non-hydrogen) atoms. The second-order valence-corrected chi connectivity index (χ2v) is 5.96. The summed E-state index contributed by atoms with van der Waals surface area (Å²) < 4.78 is 26.2. The molecule has 0 heterocycles. The van der Waals surface area contributed by atoms with E-state index in [0.717, 1.165) is 5.56 Å². The zero-order valence-electron chi connectivity index (χ0n) is 11.6. The maximum Gasteiger partial charge on any atom is 0.248 e. The molecular weight excluding hydrogens is 246 g/mol. The highest BCUT2D eigenvalue weighted by molar-refractivity contribution is 5.26. The lowest BCUT2D eigenvalue weighted by molar-refractivity contribution is -0.0627. The lowest BCUT2D eigenvalue weighted by atomic mass is 9.81. The van der Waals surface area contributed by atoms with Gasteiger partial charge in [0.1, 0.15) is 0 Å². The predicted molar refractivity (Wildman–Crippen MR) is 72.4 cm³/mol. The molecule has 2 rings (SSSR count). The van der Waals surface area contributed by atoms with Gasteiger partial charge in [-0.3, -0.25) is 0 Å². The summed E-state index contributed by atoms with van der Waals surface area (Å²) >= 11 is 0. The molecule has 1 saturated carbocycles. The molecule has 3 heteroatoms. The van der Waals surface area contributed by atoms with Gasteiger partial charge in [0.15, 0.2) is 0 Å². The number of aliphatic hydroxyl groups is 1. The van der Waals surface area contributed by atoms with Crippen LogP contribution in [-0.4, -0.2) is 11.0 Å². The van der Waals surface area contributed by atoms with E-state index in [1.165, 1.54) is 5.56 Å². The number of halogens is 2. The maximum atomic E-state index is 13.1. The normalized spacial score (nSPS) is 21.6. The lowest BCUT2D eigenvalue weighted by Gasteiger charge is -2.31. The quantitative estimate of drug-likeness (QED) is 0.844. The summed E-state index contributed by atoms with van der Waals surface area (Å²) in [4.78, 5) is 0. The second kappa shape index (κ2) is 5.58. The van der Waals surface area contributed by atoms with Crippen molar-refractivity contribution in [1.29, 1.82) is 0 Å². The highest BCUT2D eigenvalue weighted by Gasteiger charge is 2.37. The van der Waals surface area contributed by atoms with Gasteiger partial charge >= 0.3 is 0 Å². The molecule has 1 fully saturated rings. The third-order valence-electron chi connectivity index (χ3n) is 4.15. The first kappa shape index (κ1) is 14.4. The molecule has 1 aromatic rings. The average Bonchev–Trinajstić information content (AvgIpc) is 2.38. The maximum absolute atomic E-state index is 13.1. The van der Waals surface area contributed by atoms with Crippen molar-refractivity contribution in [2.75, 3.05) is 0 Å². The minimum absolute atomic E-state index is 0.0375. The van der Waals surface area contributed by atoms with E-state index in [4.69, 9.17) is 0 Å². The van der Waals surface area contributed by atoms with E-state index in [-0.39, 0.29) is 18.8 Å². The van der Waals surface area contributed by atoms with Crippen LogP contribution in [0, 0.1) is 5.92 Å². The first-order chi connectivity index (χ1) is 8.89. The third-order valence-corrected chi connectivity index (χ3v) is 4.15. The number of hydrogen-bond donors (Lipinski definition) is 1. The monoisotopic (exact) mass is 268 g/mol. The summed E-state index contributed by atoms with van der Waals surface area (Å²) in [5.41, 5.74) is 2.07. The molecule has 1 aliphatic carbocycles. The van der Waals surface area contributed by atoms with Gasteiger partial charge in [-0.15, -0.1) is 0 Å². The van der Waals surface area contributed by atoms with Gasteiger partial charge < -0.3 is 5.11 Å². The summed E-state index contributed by atoms with van der Waals surface area (Å²) in [6.45, 7) is 4.24. The fourth-order valence-electron chi connectivity index (χ4n) is 2.73. The minimum Gasteiger partial charge on any atom is -0.388 e. The number of hydrogen-bond acceptors (Lipinski definition) is 1. The Bertz CT molecular complexity index is 401. The van der Waals surface area contributed by atoms with Gasteiger partial charge in [0.2, 0.25) is 5.92 Å². The fraction of sp³-hybridized carbons (Fsp3) is 0.625. The Morgan fingerprint density at radius 2 is 1.53 bits per heavy atom. The molecule has 0 bridgehead atoms. The predicted octanol–water partition coefficient (Wildman–Crippen LogP) is 4.67. The Morgan fingerprint density at radius 3 is 2.00 bits per heavy atom. The molecule has 0 saturated heterocycles. The lowest BCUT2D eigenvalue weighted by Crippen LogP contribution is -2.27. The molecule has 1 unspecified atom stereocenters. The van der Waals surface area contributed by atoms with E-state index in [1.807, 2.05) is 24.3 Å². The van der Waals surface area contributed by atoms with Crippen molar-refractivity contribution in [3.8, 4) is 0 Å². The van der Waals surface area contributed by atoms with Crippen molar-refractivity contribution in [3.63, 3.8) is 0 Å². The van der Waals surface area contributed by atoms with Crippen LogP contribution in [0.2, 0.25) is 0 Å². The van der Waals surface area contributed by atoms with Gasteiger partial charge in [-0.2, -0.15) is 0 Å². The third kappa shape index (κ3) is 3.53.